The number of rotatable bonds is 22. The number of thioether (sulfide) groups is 1. The van der Waals surface area contributed by atoms with Crippen LogP contribution in [0.4, 0.5) is 0 Å². The predicted molar refractivity (Wildman–Crippen MR) is 221 cm³/mol. The molecule has 0 aliphatic carbocycles. The fourth-order valence-corrected chi connectivity index (χ4v) is 6.53. The molecule has 8 atom stereocenters. The van der Waals surface area contributed by atoms with Crippen molar-refractivity contribution >= 4 is 65.2 Å². The fourth-order valence-electron chi connectivity index (χ4n) is 6.06. The summed E-state index contributed by atoms with van der Waals surface area (Å²) in [4.78, 5) is 114. The topological polar surface area (TPSA) is 303 Å². The molecular weight excluding hydrogens is 851 g/mol. The average molecular weight is 904 g/mol. The van der Waals surface area contributed by atoms with Gasteiger partial charge in [0.15, 0.2) is 12.2 Å². The van der Waals surface area contributed by atoms with Crippen LogP contribution in [0.15, 0.2) is 54.6 Å². The van der Waals surface area contributed by atoms with Crippen LogP contribution in [-0.2, 0) is 84.4 Å². The molecule has 0 saturated carbocycles. The molecular formula is C41H53N5O16S. The smallest absolute Gasteiger partial charge is 0.331 e. The van der Waals surface area contributed by atoms with Gasteiger partial charge in [0.1, 0.15) is 30.5 Å². The second-order valence-electron chi connectivity index (χ2n) is 14.1. The van der Waals surface area contributed by atoms with Gasteiger partial charge in [0.2, 0.25) is 36.0 Å². The minimum Gasteiger partial charge on any atom is -0.508 e. The zero-order valence-electron chi connectivity index (χ0n) is 35.3. The summed E-state index contributed by atoms with van der Waals surface area (Å²) >= 11 is 1.33. The van der Waals surface area contributed by atoms with Crippen LogP contribution in [0, 0.1) is 0 Å². The lowest BCUT2D eigenvalue weighted by Gasteiger charge is -2.43. The van der Waals surface area contributed by atoms with Gasteiger partial charge < -0.3 is 60.5 Å². The van der Waals surface area contributed by atoms with Crippen LogP contribution in [0.5, 0.6) is 5.75 Å². The van der Waals surface area contributed by atoms with Crippen LogP contribution < -0.4 is 27.0 Å². The average Bonchev–Trinajstić information content (AvgIpc) is 3.22. The first-order valence-electron chi connectivity index (χ1n) is 19.6. The number of esters is 5. The quantitative estimate of drug-likeness (QED) is 0.0615. The number of carbonyl (C=O) groups is 9. The number of ether oxygens (including phenoxy) is 6. The SMILES string of the molecule is CSCC[C@H](NC(=O)[C@H](Cc1ccccc1)NC(=O)CNC(=O)CNC(=O)[C@@H](N)Cc1ccc(O)cc1)C(=O)O[C@H]1O[C@H](COC(C)=O)[C@@H](OC(C)=O)[C@H](OC(C)=O)[C@H]1OC(C)=O. The molecule has 1 aliphatic heterocycles. The van der Waals surface area contributed by atoms with E-state index in [0.29, 0.717) is 16.9 Å². The zero-order chi connectivity index (χ0) is 46.6. The second kappa shape index (κ2) is 25.6. The Morgan fingerprint density at radius 2 is 1.27 bits per heavy atom. The number of hydrogen-bond acceptors (Lipinski definition) is 18. The molecule has 1 saturated heterocycles. The Balaban J connectivity index is 1.77. The Morgan fingerprint density at radius 3 is 1.87 bits per heavy atom. The molecule has 1 aliphatic rings. The van der Waals surface area contributed by atoms with E-state index in [0.717, 1.165) is 27.7 Å². The van der Waals surface area contributed by atoms with Gasteiger partial charge in [-0.25, -0.2) is 4.79 Å². The van der Waals surface area contributed by atoms with Crippen LogP contribution in [0.25, 0.3) is 0 Å². The summed E-state index contributed by atoms with van der Waals surface area (Å²) in [5, 5.41) is 19.4. The van der Waals surface area contributed by atoms with Crippen molar-refractivity contribution in [2.24, 2.45) is 5.73 Å². The maximum absolute atomic E-state index is 14.0. The van der Waals surface area contributed by atoms with Crippen molar-refractivity contribution in [1.29, 1.82) is 0 Å². The third-order valence-corrected chi connectivity index (χ3v) is 9.57. The van der Waals surface area contributed by atoms with E-state index < -0.39 is 122 Å². The second-order valence-corrected chi connectivity index (χ2v) is 15.1. The first-order chi connectivity index (χ1) is 29.9. The normalized spacial score (nSPS) is 19.4. The number of carbonyl (C=O) groups excluding carboxylic acids is 9. The highest BCUT2D eigenvalue weighted by Crippen LogP contribution is 2.30. The van der Waals surface area contributed by atoms with Gasteiger partial charge in [-0.15, -0.1) is 0 Å². The molecule has 344 valence electrons. The van der Waals surface area contributed by atoms with Crippen LogP contribution >= 0.6 is 11.8 Å². The van der Waals surface area contributed by atoms with Gasteiger partial charge >= 0.3 is 29.8 Å². The highest BCUT2D eigenvalue weighted by molar-refractivity contribution is 7.98. The van der Waals surface area contributed by atoms with Gasteiger partial charge in [0.05, 0.1) is 19.1 Å². The molecule has 3 rings (SSSR count). The van der Waals surface area contributed by atoms with E-state index in [-0.39, 0.29) is 25.0 Å². The third kappa shape index (κ3) is 17.9. The van der Waals surface area contributed by atoms with E-state index in [9.17, 15) is 48.3 Å². The number of nitrogens with two attached hydrogens (primary N) is 1. The van der Waals surface area contributed by atoms with E-state index in [4.69, 9.17) is 34.2 Å². The molecule has 0 aromatic heterocycles. The van der Waals surface area contributed by atoms with Gasteiger partial charge in [-0.3, -0.25) is 38.4 Å². The molecule has 2 aromatic rings. The molecule has 0 unspecified atom stereocenters. The standard InChI is InChI=1S/C41H53N5O16S/c1-22(47)57-21-32-35(58-23(2)48)36(59-24(3)49)37(60-25(4)50)41(61-32)62-40(56)30(15-16-63-5)46-39(55)31(18-26-9-7-6-8-10-26)45-34(53)20-43-33(52)19-44-38(54)29(42)17-27-11-13-28(51)14-12-27/h6-14,29-32,35-37,41,51H,15-21,42H2,1-5H3,(H,43,52)(H,44,54)(H,45,53)(H,46,55)/t29-,30-,31-,32+,35+,36-,37+,41+/m0/s1. The number of amides is 4. The molecule has 0 radical (unpaired) electrons. The van der Waals surface area contributed by atoms with Gasteiger partial charge in [0, 0.05) is 34.1 Å². The summed E-state index contributed by atoms with van der Waals surface area (Å²) in [6.07, 6.45) is -6.35. The Hall–Kier alpha value is -6.26. The summed E-state index contributed by atoms with van der Waals surface area (Å²) in [6.45, 7) is 2.49. The van der Waals surface area contributed by atoms with E-state index in [1.165, 1.54) is 23.9 Å². The van der Waals surface area contributed by atoms with Gasteiger partial charge in [0.25, 0.3) is 0 Å². The van der Waals surface area contributed by atoms with Crippen LogP contribution in [0.2, 0.25) is 0 Å². The van der Waals surface area contributed by atoms with Crippen molar-refractivity contribution in [3.05, 3.63) is 65.7 Å². The lowest BCUT2D eigenvalue weighted by Crippen LogP contribution is -2.63. The first-order valence-corrected chi connectivity index (χ1v) is 21.0. The Bertz CT molecular complexity index is 1920. The van der Waals surface area contributed by atoms with E-state index >= 15 is 0 Å². The van der Waals surface area contributed by atoms with Crippen molar-refractivity contribution < 1.29 is 76.7 Å². The molecule has 2 aromatic carbocycles. The van der Waals surface area contributed by atoms with Crippen LogP contribution in [0.3, 0.4) is 0 Å². The van der Waals surface area contributed by atoms with Crippen LogP contribution in [0.1, 0.15) is 45.2 Å². The summed E-state index contributed by atoms with van der Waals surface area (Å²) in [5.41, 5.74) is 7.25. The van der Waals surface area contributed by atoms with Gasteiger partial charge in [-0.2, -0.15) is 11.8 Å². The summed E-state index contributed by atoms with van der Waals surface area (Å²) < 4.78 is 32.8. The number of aromatic hydroxyl groups is 1. The lowest BCUT2D eigenvalue weighted by atomic mass is 9.98. The van der Waals surface area contributed by atoms with E-state index in [1.54, 1.807) is 48.7 Å². The highest BCUT2D eigenvalue weighted by atomic mass is 32.2. The van der Waals surface area contributed by atoms with Gasteiger partial charge in [-0.1, -0.05) is 42.5 Å². The van der Waals surface area contributed by atoms with E-state index in [2.05, 4.69) is 21.3 Å². The molecule has 4 amide bonds. The fraction of sp³-hybridized carbons (Fsp3) is 0.488. The summed E-state index contributed by atoms with van der Waals surface area (Å²) in [7, 11) is 0. The number of phenolic OH excluding ortho intramolecular Hbond substituents is 1. The number of hydrogen-bond donors (Lipinski definition) is 6. The monoisotopic (exact) mass is 903 g/mol. The zero-order valence-corrected chi connectivity index (χ0v) is 36.1. The maximum Gasteiger partial charge on any atom is 0.331 e. The molecule has 22 heteroatoms. The highest BCUT2D eigenvalue weighted by Gasteiger charge is 2.54. The number of nitrogens with one attached hydrogen (secondary N) is 4. The van der Waals surface area contributed by atoms with Crippen molar-refractivity contribution in [1.82, 2.24) is 21.3 Å². The largest absolute Gasteiger partial charge is 0.508 e. The summed E-state index contributed by atoms with van der Waals surface area (Å²) in [6, 6.07) is 10.9. The Morgan fingerprint density at radius 1 is 0.683 bits per heavy atom. The minimum absolute atomic E-state index is 0.0244. The lowest BCUT2D eigenvalue weighted by molar-refractivity contribution is -0.301. The Labute approximate surface area is 367 Å². The number of phenols is 1. The third-order valence-electron chi connectivity index (χ3n) is 8.92. The first kappa shape index (κ1) is 51.1. The van der Waals surface area contributed by atoms with Crippen molar-refractivity contribution in [3.8, 4) is 5.75 Å². The maximum atomic E-state index is 14.0. The Kier molecular flexibility index (Phi) is 20.8. The summed E-state index contributed by atoms with van der Waals surface area (Å²) in [5.74, 6) is -7.21. The molecule has 0 bridgehead atoms. The molecule has 7 N–H and O–H groups in total. The van der Waals surface area contributed by atoms with Crippen molar-refractivity contribution in [2.75, 3.05) is 31.7 Å². The molecule has 0 spiro atoms. The van der Waals surface area contributed by atoms with E-state index in [1.807, 2.05) is 0 Å². The van der Waals surface area contributed by atoms with Crippen LogP contribution in [-0.4, -0.2) is 139 Å². The van der Waals surface area contributed by atoms with Crippen molar-refractivity contribution in [2.45, 2.75) is 95.8 Å². The molecule has 1 fully saturated rings. The molecule has 21 nitrogen and oxygen atoms in total. The van der Waals surface area contributed by atoms with Gasteiger partial charge in [-0.05, 0) is 48.1 Å². The molecule has 1 heterocycles. The predicted octanol–water partition coefficient (Wildman–Crippen LogP) is -0.914. The van der Waals surface area contributed by atoms with Crippen molar-refractivity contribution in [3.63, 3.8) is 0 Å². The minimum atomic E-state index is -1.87. The molecule has 63 heavy (non-hydrogen) atoms. The number of benzene rings is 2.